The molecule has 2 N–H and O–H groups in total. The van der Waals surface area contributed by atoms with E-state index in [0.717, 1.165) is 62.9 Å². The number of hydrogen-bond acceptors (Lipinski definition) is 4. The molecule has 9 heteroatoms. The van der Waals surface area contributed by atoms with Crippen LogP contribution in [0.5, 0.6) is 0 Å². The van der Waals surface area contributed by atoms with Crippen molar-refractivity contribution in [3.63, 3.8) is 0 Å². The first-order valence-electron chi connectivity index (χ1n) is 14.3. The fraction of sp³-hybridized carbons (Fsp3) is 0.333. The molecule has 2 fully saturated rings. The van der Waals surface area contributed by atoms with Crippen LogP contribution in [0.2, 0.25) is 5.02 Å². The monoisotopic (exact) mass is 664 g/mol. The van der Waals surface area contributed by atoms with E-state index in [4.69, 9.17) is 11.6 Å². The van der Waals surface area contributed by atoms with Gasteiger partial charge in [-0.25, -0.2) is 0 Å². The summed E-state index contributed by atoms with van der Waals surface area (Å²) in [6.45, 7) is 4.32. The molecule has 2 aliphatic heterocycles. The van der Waals surface area contributed by atoms with E-state index in [1.165, 1.54) is 11.8 Å². The number of nitrogens with zero attached hydrogens (tertiary/aromatic N) is 2. The van der Waals surface area contributed by atoms with Gasteiger partial charge in [0.1, 0.15) is 4.75 Å². The van der Waals surface area contributed by atoms with Gasteiger partial charge < -0.3 is 20.1 Å². The lowest BCUT2D eigenvalue weighted by atomic mass is 9.90. The summed E-state index contributed by atoms with van der Waals surface area (Å²) >= 11 is 11.4. The first-order chi connectivity index (χ1) is 20.2. The van der Waals surface area contributed by atoms with Gasteiger partial charge in [0.15, 0.2) is 0 Å². The third-order valence-electron chi connectivity index (χ3n) is 8.48. The number of halogens is 2. The van der Waals surface area contributed by atoms with Gasteiger partial charge in [0.05, 0.1) is 12.5 Å². The van der Waals surface area contributed by atoms with Crippen molar-refractivity contribution >= 4 is 62.0 Å². The fourth-order valence-electron chi connectivity index (χ4n) is 6.17. The maximum absolute atomic E-state index is 14.7. The van der Waals surface area contributed by atoms with Gasteiger partial charge >= 0.3 is 0 Å². The zero-order valence-corrected chi connectivity index (χ0v) is 26.9. The van der Waals surface area contributed by atoms with E-state index in [-0.39, 0.29) is 24.3 Å². The SMILES string of the molecule is Cc1ccc(S[C@]2(C(=O)NC3CCN(C)CC3)CC(=O)N(Cc3ccc(Br)cc3)[C@@H]2c2c[nH]c3cc(Cl)ccc23)cc1. The second-order valence-corrected chi connectivity index (χ2v) is 14.3. The number of aryl methyl sites for hydroxylation is 1. The highest BCUT2D eigenvalue weighted by molar-refractivity contribution is 9.10. The van der Waals surface area contributed by atoms with Crippen LogP contribution in [0.25, 0.3) is 10.9 Å². The van der Waals surface area contributed by atoms with E-state index in [9.17, 15) is 9.59 Å². The van der Waals surface area contributed by atoms with Crippen LogP contribution >= 0.6 is 39.3 Å². The van der Waals surface area contributed by atoms with Crippen LogP contribution in [0.3, 0.4) is 0 Å². The van der Waals surface area contributed by atoms with E-state index < -0.39 is 10.8 Å². The molecule has 1 aromatic heterocycles. The normalized spacial score (nSPS) is 21.8. The molecule has 0 radical (unpaired) electrons. The smallest absolute Gasteiger partial charge is 0.239 e. The molecule has 0 saturated carbocycles. The molecule has 218 valence electrons. The number of amides is 2. The molecule has 4 aromatic rings. The van der Waals surface area contributed by atoms with Crippen molar-refractivity contribution < 1.29 is 9.59 Å². The predicted octanol–water partition coefficient (Wildman–Crippen LogP) is 7.11. The molecule has 3 aromatic carbocycles. The number of hydrogen-bond donors (Lipinski definition) is 2. The van der Waals surface area contributed by atoms with Crippen molar-refractivity contribution in [1.29, 1.82) is 0 Å². The van der Waals surface area contributed by atoms with Gasteiger partial charge in [-0.2, -0.15) is 0 Å². The molecule has 2 saturated heterocycles. The number of carbonyl (C=O) groups excluding carboxylic acids is 2. The number of fused-ring (bicyclic) bond motifs is 1. The highest BCUT2D eigenvalue weighted by Gasteiger charge is 2.58. The molecule has 2 atom stereocenters. The van der Waals surface area contributed by atoms with Crippen LogP contribution in [0.1, 0.15) is 42.0 Å². The summed E-state index contributed by atoms with van der Waals surface area (Å²) in [6.07, 6.45) is 3.83. The van der Waals surface area contributed by atoms with Crippen molar-refractivity contribution in [3.05, 3.63) is 99.1 Å². The van der Waals surface area contributed by atoms with Gasteiger partial charge in [-0.3, -0.25) is 9.59 Å². The number of benzene rings is 3. The van der Waals surface area contributed by atoms with Gasteiger partial charge in [-0.15, -0.1) is 11.8 Å². The van der Waals surface area contributed by atoms with Crippen LogP contribution in [-0.2, 0) is 16.1 Å². The molecule has 2 amide bonds. The highest BCUT2D eigenvalue weighted by atomic mass is 79.9. The number of nitrogens with one attached hydrogen (secondary N) is 2. The number of aromatic amines is 1. The Morgan fingerprint density at radius 3 is 2.52 bits per heavy atom. The molecule has 2 aliphatic rings. The van der Waals surface area contributed by atoms with Gasteiger partial charge in [-0.05, 0) is 81.9 Å². The third-order valence-corrected chi connectivity index (χ3v) is 10.7. The Hall–Kier alpha value is -2.78. The van der Waals surface area contributed by atoms with E-state index in [1.807, 2.05) is 53.6 Å². The minimum Gasteiger partial charge on any atom is -0.361 e. The van der Waals surface area contributed by atoms with Crippen molar-refractivity contribution in [2.45, 2.75) is 54.5 Å². The second-order valence-electron chi connectivity index (χ2n) is 11.5. The van der Waals surface area contributed by atoms with E-state index in [1.54, 1.807) is 0 Å². The van der Waals surface area contributed by atoms with Crippen LogP contribution in [0.15, 0.2) is 82.3 Å². The molecule has 0 unspecified atom stereocenters. The Labute approximate surface area is 264 Å². The summed E-state index contributed by atoms with van der Waals surface area (Å²) in [5, 5.41) is 5.00. The van der Waals surface area contributed by atoms with Crippen molar-refractivity contribution in [2.24, 2.45) is 0 Å². The summed E-state index contributed by atoms with van der Waals surface area (Å²) in [7, 11) is 2.11. The number of H-pyrrole nitrogens is 1. The third kappa shape index (κ3) is 5.87. The van der Waals surface area contributed by atoms with Crippen LogP contribution in [0, 0.1) is 6.92 Å². The van der Waals surface area contributed by atoms with Gasteiger partial charge in [0.25, 0.3) is 0 Å². The lowest BCUT2D eigenvalue weighted by Gasteiger charge is -2.38. The second kappa shape index (κ2) is 12.1. The summed E-state index contributed by atoms with van der Waals surface area (Å²) in [4.78, 5) is 37.4. The highest BCUT2D eigenvalue weighted by Crippen LogP contribution is 2.54. The average molecular weight is 666 g/mol. The molecule has 3 heterocycles. The largest absolute Gasteiger partial charge is 0.361 e. The first-order valence-corrected chi connectivity index (χ1v) is 16.3. The molecule has 0 spiro atoms. The number of piperidine rings is 1. The summed E-state index contributed by atoms with van der Waals surface area (Å²) in [5.74, 6) is -0.119. The maximum atomic E-state index is 14.7. The Morgan fingerprint density at radius 2 is 1.81 bits per heavy atom. The summed E-state index contributed by atoms with van der Waals surface area (Å²) in [5.41, 5.74) is 3.95. The minimum atomic E-state index is -1.08. The molecule has 0 aliphatic carbocycles. The maximum Gasteiger partial charge on any atom is 0.239 e. The van der Waals surface area contributed by atoms with Crippen molar-refractivity contribution in [2.75, 3.05) is 20.1 Å². The number of thioether (sulfide) groups is 1. The van der Waals surface area contributed by atoms with Crippen LogP contribution in [-0.4, -0.2) is 57.5 Å². The lowest BCUT2D eigenvalue weighted by molar-refractivity contribution is -0.129. The lowest BCUT2D eigenvalue weighted by Crippen LogP contribution is -2.53. The quantitative estimate of drug-likeness (QED) is 0.221. The zero-order chi connectivity index (χ0) is 29.4. The number of aromatic nitrogens is 1. The number of likely N-dealkylation sites (tertiary alicyclic amines) is 2. The van der Waals surface area contributed by atoms with Gasteiger partial charge in [0.2, 0.25) is 11.8 Å². The Bertz CT molecular complexity index is 1600. The first kappa shape index (κ1) is 29.3. The van der Waals surface area contributed by atoms with Gasteiger partial charge in [0, 0.05) is 49.6 Å². The Kier molecular flexibility index (Phi) is 8.42. The fourth-order valence-corrected chi connectivity index (χ4v) is 8.01. The van der Waals surface area contributed by atoms with Crippen LogP contribution in [0.4, 0.5) is 0 Å². The van der Waals surface area contributed by atoms with E-state index in [0.29, 0.717) is 11.6 Å². The predicted molar refractivity (Wildman–Crippen MR) is 174 cm³/mol. The molecule has 6 rings (SSSR count). The molecule has 0 bridgehead atoms. The average Bonchev–Trinajstić information content (AvgIpc) is 3.50. The van der Waals surface area contributed by atoms with Crippen molar-refractivity contribution in [3.8, 4) is 0 Å². The molecule has 42 heavy (non-hydrogen) atoms. The standard InChI is InChI=1S/C33H34BrClN4O2S/c1-21-3-10-26(11-4-21)42-33(32(41)37-25-13-15-38(2)16-14-25)18-30(40)39(20-22-5-7-23(34)8-6-22)31(33)28-19-36-29-17-24(35)9-12-27(28)29/h3-12,17,19,25,31,36H,13-16,18,20H2,1-2H3,(H,37,41)/t31-,33-/m1/s1. The zero-order valence-electron chi connectivity index (χ0n) is 23.7. The van der Waals surface area contributed by atoms with Crippen LogP contribution < -0.4 is 5.32 Å². The van der Waals surface area contributed by atoms with Crippen molar-refractivity contribution in [1.82, 2.24) is 20.1 Å². The van der Waals surface area contributed by atoms with E-state index in [2.05, 4.69) is 69.4 Å². The molecule has 6 nitrogen and oxygen atoms in total. The number of rotatable bonds is 7. The number of carbonyl (C=O) groups is 2. The summed E-state index contributed by atoms with van der Waals surface area (Å²) in [6, 6.07) is 21.5. The topological polar surface area (TPSA) is 68.4 Å². The molecular weight excluding hydrogens is 632 g/mol. The summed E-state index contributed by atoms with van der Waals surface area (Å²) < 4.78 is -0.106. The minimum absolute atomic E-state index is 0.0376. The van der Waals surface area contributed by atoms with E-state index >= 15 is 0 Å². The Balaban J connectivity index is 1.48. The van der Waals surface area contributed by atoms with Gasteiger partial charge in [-0.1, -0.05) is 63.4 Å². The molecular formula is C33H34BrClN4O2S. The Morgan fingerprint density at radius 1 is 1.10 bits per heavy atom.